The van der Waals surface area contributed by atoms with Gasteiger partial charge in [-0.25, -0.2) is 0 Å². The zero-order valence-electron chi connectivity index (χ0n) is 11.0. The molecular formula is C13H15N3O4. The molecule has 0 bridgehead atoms. The van der Waals surface area contributed by atoms with E-state index >= 15 is 0 Å². The van der Waals surface area contributed by atoms with Crippen molar-refractivity contribution in [3.05, 3.63) is 51.7 Å². The van der Waals surface area contributed by atoms with Crippen LogP contribution in [0.15, 0.2) is 30.5 Å². The molecule has 0 amide bonds. The van der Waals surface area contributed by atoms with E-state index in [2.05, 4.69) is 5.10 Å². The Morgan fingerprint density at radius 1 is 1.45 bits per heavy atom. The maximum absolute atomic E-state index is 11.1. The fourth-order valence-corrected chi connectivity index (χ4v) is 1.98. The smallest absolute Gasteiger partial charge is 0.276 e. The van der Waals surface area contributed by atoms with Gasteiger partial charge in [0.2, 0.25) is 5.88 Å². The van der Waals surface area contributed by atoms with E-state index in [0.717, 1.165) is 18.4 Å². The summed E-state index contributed by atoms with van der Waals surface area (Å²) in [5, 5.41) is 23.8. The molecule has 0 unspecified atom stereocenters. The Morgan fingerprint density at radius 2 is 2.25 bits per heavy atom. The zero-order chi connectivity index (χ0) is 14.5. The molecule has 0 saturated carbocycles. The molecule has 7 nitrogen and oxygen atoms in total. The fraction of sp³-hybridized carbons (Fsp3) is 0.308. The van der Waals surface area contributed by atoms with E-state index in [0.29, 0.717) is 10.4 Å². The van der Waals surface area contributed by atoms with E-state index in [1.165, 1.54) is 18.3 Å². The van der Waals surface area contributed by atoms with E-state index in [-0.39, 0.29) is 18.2 Å². The summed E-state index contributed by atoms with van der Waals surface area (Å²) in [4.78, 5) is 11.3. The summed E-state index contributed by atoms with van der Waals surface area (Å²) >= 11 is 0. The molecule has 0 fully saturated rings. The Kier molecular flexibility index (Phi) is 4.19. The Bertz CT molecular complexity index is 609. The zero-order valence-corrected chi connectivity index (χ0v) is 11.0. The van der Waals surface area contributed by atoms with Crippen LogP contribution in [0.4, 0.5) is 5.69 Å². The van der Waals surface area contributed by atoms with Crippen LogP contribution < -0.4 is 4.74 Å². The van der Waals surface area contributed by atoms with Crippen molar-refractivity contribution < 1.29 is 14.9 Å². The van der Waals surface area contributed by atoms with Crippen molar-refractivity contribution in [1.82, 2.24) is 9.94 Å². The van der Waals surface area contributed by atoms with Gasteiger partial charge in [-0.1, -0.05) is 30.6 Å². The van der Waals surface area contributed by atoms with Gasteiger partial charge in [0, 0.05) is 12.1 Å². The molecule has 0 aliphatic carbocycles. The molecular weight excluding hydrogens is 262 g/mol. The molecule has 0 aliphatic heterocycles. The number of hydrogen-bond donors (Lipinski definition) is 1. The van der Waals surface area contributed by atoms with Crippen LogP contribution in [0.5, 0.6) is 5.88 Å². The number of nitro groups is 1. The normalized spacial score (nSPS) is 10.4. The van der Waals surface area contributed by atoms with E-state index in [1.54, 1.807) is 6.07 Å². The predicted octanol–water partition coefficient (Wildman–Crippen LogP) is 2.56. The summed E-state index contributed by atoms with van der Waals surface area (Å²) in [5.74, 6) is 0.216. The summed E-state index contributed by atoms with van der Waals surface area (Å²) in [6, 6.07) is 6.48. The van der Waals surface area contributed by atoms with E-state index in [9.17, 15) is 10.1 Å². The van der Waals surface area contributed by atoms with Crippen LogP contribution in [-0.2, 0) is 13.0 Å². The number of nitro benzene ring substituents is 1. The molecule has 1 heterocycles. The number of aromatic nitrogens is 2. The molecule has 20 heavy (non-hydrogen) atoms. The first-order valence-electron chi connectivity index (χ1n) is 6.24. The maximum Gasteiger partial charge on any atom is 0.276 e. The first kappa shape index (κ1) is 13.9. The molecule has 0 atom stereocenters. The topological polar surface area (TPSA) is 90.4 Å². The van der Waals surface area contributed by atoms with E-state index < -0.39 is 4.92 Å². The molecule has 106 valence electrons. The lowest BCUT2D eigenvalue weighted by molar-refractivity contribution is -0.385. The van der Waals surface area contributed by atoms with Crippen LogP contribution in [-0.4, -0.2) is 20.1 Å². The molecule has 0 aliphatic rings. The number of nitrogens with zero attached hydrogens (tertiary/aromatic N) is 3. The summed E-state index contributed by atoms with van der Waals surface area (Å²) in [6.07, 6.45) is 2.95. The van der Waals surface area contributed by atoms with Gasteiger partial charge < -0.3 is 9.94 Å². The third kappa shape index (κ3) is 3.05. The molecule has 2 rings (SSSR count). The molecule has 0 spiro atoms. The van der Waals surface area contributed by atoms with Gasteiger partial charge in [0.25, 0.3) is 5.69 Å². The number of benzene rings is 1. The monoisotopic (exact) mass is 277 g/mol. The highest BCUT2D eigenvalue weighted by molar-refractivity contribution is 5.45. The quantitative estimate of drug-likeness (QED) is 0.498. The van der Waals surface area contributed by atoms with Gasteiger partial charge in [0.05, 0.1) is 16.7 Å². The standard InChI is InChI=1S/C13H15N3O4/c1-2-4-10-5-3-6-12(16(18)19)11(10)9-20-13-7-8-15(17)14-13/h3,5-8,17H,2,4,9H2,1H3. The molecule has 1 aromatic heterocycles. The van der Waals surface area contributed by atoms with Crippen molar-refractivity contribution in [3.8, 4) is 5.88 Å². The van der Waals surface area contributed by atoms with Gasteiger partial charge in [-0.15, -0.1) is 4.85 Å². The molecule has 1 N–H and O–H groups in total. The lowest BCUT2D eigenvalue weighted by Crippen LogP contribution is -2.05. The predicted molar refractivity (Wildman–Crippen MR) is 70.8 cm³/mol. The minimum atomic E-state index is -0.414. The average Bonchev–Trinajstić information content (AvgIpc) is 2.83. The summed E-state index contributed by atoms with van der Waals surface area (Å²) in [5.41, 5.74) is 1.48. The van der Waals surface area contributed by atoms with E-state index in [4.69, 9.17) is 9.94 Å². The molecule has 0 radical (unpaired) electrons. The highest BCUT2D eigenvalue weighted by atomic mass is 16.6. The second kappa shape index (κ2) is 6.05. The van der Waals surface area contributed by atoms with Crippen LogP contribution in [0.3, 0.4) is 0 Å². The number of ether oxygens (including phenoxy) is 1. The van der Waals surface area contributed by atoms with Crippen molar-refractivity contribution in [1.29, 1.82) is 0 Å². The largest absolute Gasteiger partial charge is 0.471 e. The minimum Gasteiger partial charge on any atom is -0.471 e. The third-order valence-corrected chi connectivity index (χ3v) is 2.88. The Hall–Kier alpha value is -2.57. The SMILES string of the molecule is CCCc1cccc([N+](=O)[O-])c1COc1ccn(O)n1. The van der Waals surface area contributed by atoms with Crippen LogP contribution >= 0.6 is 0 Å². The third-order valence-electron chi connectivity index (χ3n) is 2.88. The minimum absolute atomic E-state index is 0.0411. The lowest BCUT2D eigenvalue weighted by atomic mass is 10.0. The van der Waals surface area contributed by atoms with Gasteiger partial charge in [-0.2, -0.15) is 0 Å². The Balaban J connectivity index is 2.25. The van der Waals surface area contributed by atoms with Crippen molar-refractivity contribution in [2.75, 3.05) is 0 Å². The van der Waals surface area contributed by atoms with Crippen molar-refractivity contribution in [2.24, 2.45) is 0 Å². The molecule has 1 aromatic carbocycles. The average molecular weight is 277 g/mol. The van der Waals surface area contributed by atoms with Crippen molar-refractivity contribution in [3.63, 3.8) is 0 Å². The van der Waals surface area contributed by atoms with Crippen molar-refractivity contribution >= 4 is 5.69 Å². The number of aryl methyl sites for hydroxylation is 1. The first-order chi connectivity index (χ1) is 9.61. The highest BCUT2D eigenvalue weighted by Gasteiger charge is 2.17. The summed E-state index contributed by atoms with van der Waals surface area (Å²) in [6.45, 7) is 2.06. The fourth-order valence-electron chi connectivity index (χ4n) is 1.98. The highest BCUT2D eigenvalue weighted by Crippen LogP contribution is 2.25. The Morgan fingerprint density at radius 3 is 2.85 bits per heavy atom. The van der Waals surface area contributed by atoms with Gasteiger partial charge in [-0.05, 0) is 12.0 Å². The van der Waals surface area contributed by atoms with Gasteiger partial charge in [-0.3, -0.25) is 10.1 Å². The summed E-state index contributed by atoms with van der Waals surface area (Å²) in [7, 11) is 0. The van der Waals surface area contributed by atoms with Gasteiger partial charge in [0.1, 0.15) is 6.61 Å². The number of rotatable bonds is 6. The lowest BCUT2D eigenvalue weighted by Gasteiger charge is -2.09. The van der Waals surface area contributed by atoms with Gasteiger partial charge >= 0.3 is 0 Å². The van der Waals surface area contributed by atoms with Crippen LogP contribution in [0.2, 0.25) is 0 Å². The Labute approximate surface area is 115 Å². The molecule has 2 aromatic rings. The summed E-state index contributed by atoms with van der Waals surface area (Å²) < 4.78 is 5.39. The van der Waals surface area contributed by atoms with Crippen LogP contribution in [0, 0.1) is 10.1 Å². The van der Waals surface area contributed by atoms with Gasteiger partial charge in [0.15, 0.2) is 0 Å². The van der Waals surface area contributed by atoms with Crippen molar-refractivity contribution in [2.45, 2.75) is 26.4 Å². The molecule has 0 saturated heterocycles. The van der Waals surface area contributed by atoms with Crippen LogP contribution in [0.1, 0.15) is 24.5 Å². The second-order valence-electron chi connectivity index (χ2n) is 4.28. The van der Waals surface area contributed by atoms with E-state index in [1.807, 2.05) is 13.0 Å². The number of hydrogen-bond acceptors (Lipinski definition) is 5. The second-order valence-corrected chi connectivity index (χ2v) is 4.28. The molecule has 7 heteroatoms. The first-order valence-corrected chi connectivity index (χ1v) is 6.24. The van der Waals surface area contributed by atoms with Crippen LogP contribution in [0.25, 0.3) is 0 Å². The maximum atomic E-state index is 11.1.